The van der Waals surface area contributed by atoms with E-state index in [4.69, 9.17) is 4.42 Å². The number of hydrogen-bond acceptors (Lipinski definition) is 3. The van der Waals surface area contributed by atoms with E-state index in [-0.39, 0.29) is 23.9 Å². The van der Waals surface area contributed by atoms with Crippen LogP contribution in [-0.4, -0.2) is 11.8 Å². The van der Waals surface area contributed by atoms with Crippen LogP contribution < -0.4 is 10.6 Å². The lowest BCUT2D eigenvalue weighted by atomic mass is 10.1. The normalized spacial score (nSPS) is 10.4. The summed E-state index contributed by atoms with van der Waals surface area (Å²) < 4.78 is 19.0. The molecule has 3 aromatic rings. The van der Waals surface area contributed by atoms with Crippen LogP contribution in [0.5, 0.6) is 0 Å². The van der Waals surface area contributed by atoms with Crippen LogP contribution in [0.25, 0.3) is 0 Å². The minimum atomic E-state index is -0.564. The molecule has 0 atom stereocenters. The van der Waals surface area contributed by atoms with Crippen molar-refractivity contribution in [3.63, 3.8) is 0 Å². The second-order valence-corrected chi connectivity index (χ2v) is 5.75. The summed E-state index contributed by atoms with van der Waals surface area (Å²) in [6, 6.07) is 16.1. The lowest BCUT2D eigenvalue weighted by Gasteiger charge is -2.05. The number of amides is 2. The molecule has 0 saturated heterocycles. The Hall–Kier alpha value is -3.41. The predicted molar refractivity (Wildman–Crippen MR) is 95.4 cm³/mol. The molecule has 0 fully saturated rings. The van der Waals surface area contributed by atoms with Gasteiger partial charge in [0.15, 0.2) is 5.76 Å². The van der Waals surface area contributed by atoms with E-state index in [1.54, 1.807) is 24.3 Å². The highest BCUT2D eigenvalue weighted by molar-refractivity contribution is 6.02. The molecule has 3 rings (SSSR count). The van der Waals surface area contributed by atoms with Crippen molar-refractivity contribution in [1.29, 1.82) is 0 Å². The molecule has 0 radical (unpaired) electrons. The number of halogens is 1. The number of rotatable bonds is 5. The number of benzene rings is 2. The largest absolute Gasteiger partial charge is 0.454 e. The molecular formula is C20H17FN2O3. The van der Waals surface area contributed by atoms with Crippen molar-refractivity contribution in [2.45, 2.75) is 13.5 Å². The molecule has 0 bridgehead atoms. The Morgan fingerprint density at radius 3 is 2.42 bits per heavy atom. The third kappa shape index (κ3) is 4.16. The van der Waals surface area contributed by atoms with Crippen molar-refractivity contribution in [3.8, 4) is 0 Å². The van der Waals surface area contributed by atoms with Crippen molar-refractivity contribution in [2.24, 2.45) is 0 Å². The first-order valence-electron chi connectivity index (χ1n) is 8.02. The Bertz CT molecular complexity index is 932. The molecule has 132 valence electrons. The standard InChI is InChI=1S/C20H17FN2O3/c1-13-6-8-14(9-7-13)19(24)22-12-15-10-11-18(26-15)20(25)23-17-5-3-2-4-16(17)21/h2-11H,12H2,1H3,(H,22,24)(H,23,25). The van der Waals surface area contributed by atoms with E-state index in [0.717, 1.165) is 5.56 Å². The molecule has 1 heterocycles. The summed E-state index contributed by atoms with van der Waals surface area (Å²) in [6.07, 6.45) is 0. The zero-order valence-electron chi connectivity index (χ0n) is 14.1. The molecule has 6 heteroatoms. The molecular weight excluding hydrogens is 335 g/mol. The fraction of sp³-hybridized carbons (Fsp3) is 0.100. The summed E-state index contributed by atoms with van der Waals surface area (Å²) in [7, 11) is 0. The van der Waals surface area contributed by atoms with E-state index in [1.165, 1.54) is 24.3 Å². The monoisotopic (exact) mass is 352 g/mol. The predicted octanol–water partition coefficient (Wildman–Crippen LogP) is 3.91. The van der Waals surface area contributed by atoms with E-state index < -0.39 is 11.7 Å². The Balaban J connectivity index is 1.59. The topological polar surface area (TPSA) is 71.3 Å². The SMILES string of the molecule is Cc1ccc(C(=O)NCc2ccc(C(=O)Nc3ccccc3F)o2)cc1. The smallest absolute Gasteiger partial charge is 0.291 e. The van der Waals surface area contributed by atoms with E-state index in [0.29, 0.717) is 11.3 Å². The van der Waals surface area contributed by atoms with Gasteiger partial charge in [-0.05, 0) is 43.3 Å². The first kappa shape index (κ1) is 17.4. The number of aryl methyl sites for hydroxylation is 1. The second kappa shape index (κ2) is 7.65. The molecule has 2 N–H and O–H groups in total. The maximum atomic E-state index is 13.6. The molecule has 0 aliphatic rings. The Morgan fingerprint density at radius 1 is 0.962 bits per heavy atom. The summed E-state index contributed by atoms with van der Waals surface area (Å²) in [4.78, 5) is 24.2. The summed E-state index contributed by atoms with van der Waals surface area (Å²) in [5.74, 6) is -0.875. The minimum absolute atomic E-state index is 0.0350. The maximum Gasteiger partial charge on any atom is 0.291 e. The van der Waals surface area contributed by atoms with Crippen LogP contribution >= 0.6 is 0 Å². The van der Waals surface area contributed by atoms with Gasteiger partial charge in [-0.2, -0.15) is 0 Å². The fourth-order valence-electron chi connectivity index (χ4n) is 2.32. The molecule has 0 aliphatic carbocycles. The molecule has 1 aromatic heterocycles. The summed E-state index contributed by atoms with van der Waals surface area (Å²) >= 11 is 0. The molecule has 0 spiro atoms. The van der Waals surface area contributed by atoms with Crippen LogP contribution in [0.3, 0.4) is 0 Å². The second-order valence-electron chi connectivity index (χ2n) is 5.75. The summed E-state index contributed by atoms with van der Waals surface area (Å²) in [5, 5.41) is 5.16. The number of carbonyl (C=O) groups is 2. The molecule has 0 unspecified atom stereocenters. The highest BCUT2D eigenvalue weighted by Crippen LogP contribution is 2.15. The third-order valence-electron chi connectivity index (χ3n) is 3.74. The van der Waals surface area contributed by atoms with Gasteiger partial charge in [-0.25, -0.2) is 4.39 Å². The van der Waals surface area contributed by atoms with Gasteiger partial charge in [-0.3, -0.25) is 9.59 Å². The average Bonchev–Trinajstić information content (AvgIpc) is 3.11. The van der Waals surface area contributed by atoms with Gasteiger partial charge < -0.3 is 15.1 Å². The van der Waals surface area contributed by atoms with Crippen LogP contribution in [0.1, 0.15) is 32.2 Å². The molecule has 5 nitrogen and oxygen atoms in total. The Morgan fingerprint density at radius 2 is 1.69 bits per heavy atom. The van der Waals surface area contributed by atoms with Crippen molar-refractivity contribution in [2.75, 3.05) is 5.32 Å². The molecule has 2 aromatic carbocycles. The average molecular weight is 352 g/mol. The van der Waals surface area contributed by atoms with Crippen LogP contribution in [0, 0.1) is 12.7 Å². The summed E-state index contributed by atoms with van der Waals surface area (Å²) in [5.41, 5.74) is 1.68. The highest BCUT2D eigenvalue weighted by atomic mass is 19.1. The van der Waals surface area contributed by atoms with Gasteiger partial charge in [0, 0.05) is 5.56 Å². The van der Waals surface area contributed by atoms with E-state index in [1.807, 2.05) is 19.1 Å². The van der Waals surface area contributed by atoms with Gasteiger partial charge >= 0.3 is 0 Å². The first-order chi connectivity index (χ1) is 12.5. The number of hydrogen-bond donors (Lipinski definition) is 2. The van der Waals surface area contributed by atoms with Crippen molar-refractivity contribution < 1.29 is 18.4 Å². The lowest BCUT2D eigenvalue weighted by Crippen LogP contribution is -2.22. The lowest BCUT2D eigenvalue weighted by molar-refractivity contribution is 0.0948. The van der Waals surface area contributed by atoms with Gasteiger partial charge in [-0.15, -0.1) is 0 Å². The number of carbonyl (C=O) groups excluding carboxylic acids is 2. The Labute approximate surface area is 149 Å². The van der Waals surface area contributed by atoms with Gasteiger partial charge in [0.1, 0.15) is 11.6 Å². The summed E-state index contributed by atoms with van der Waals surface area (Å²) in [6.45, 7) is 2.08. The van der Waals surface area contributed by atoms with Crippen LogP contribution in [0.15, 0.2) is 65.1 Å². The molecule has 0 saturated carbocycles. The number of para-hydroxylation sites is 1. The van der Waals surface area contributed by atoms with Crippen molar-refractivity contribution in [1.82, 2.24) is 5.32 Å². The number of furan rings is 1. The van der Waals surface area contributed by atoms with Gasteiger partial charge in [0.25, 0.3) is 11.8 Å². The third-order valence-corrected chi connectivity index (χ3v) is 3.74. The number of nitrogens with one attached hydrogen (secondary N) is 2. The zero-order chi connectivity index (χ0) is 18.5. The highest BCUT2D eigenvalue weighted by Gasteiger charge is 2.14. The van der Waals surface area contributed by atoms with E-state index in [2.05, 4.69) is 10.6 Å². The van der Waals surface area contributed by atoms with E-state index >= 15 is 0 Å². The Kier molecular flexibility index (Phi) is 5.12. The van der Waals surface area contributed by atoms with Gasteiger partial charge in [0.2, 0.25) is 0 Å². The molecule has 2 amide bonds. The van der Waals surface area contributed by atoms with Gasteiger partial charge in [-0.1, -0.05) is 29.8 Å². The minimum Gasteiger partial charge on any atom is -0.454 e. The molecule has 26 heavy (non-hydrogen) atoms. The zero-order valence-corrected chi connectivity index (χ0v) is 14.1. The van der Waals surface area contributed by atoms with Crippen LogP contribution in [-0.2, 0) is 6.54 Å². The van der Waals surface area contributed by atoms with Crippen molar-refractivity contribution in [3.05, 3.63) is 89.1 Å². The number of anilines is 1. The fourth-order valence-corrected chi connectivity index (χ4v) is 2.32. The first-order valence-corrected chi connectivity index (χ1v) is 8.02. The van der Waals surface area contributed by atoms with Crippen LogP contribution in [0.4, 0.5) is 10.1 Å². The maximum absolute atomic E-state index is 13.6. The van der Waals surface area contributed by atoms with E-state index in [9.17, 15) is 14.0 Å². The van der Waals surface area contributed by atoms with Crippen molar-refractivity contribution >= 4 is 17.5 Å². The van der Waals surface area contributed by atoms with Gasteiger partial charge in [0.05, 0.1) is 12.2 Å². The quantitative estimate of drug-likeness (QED) is 0.731. The molecule has 0 aliphatic heterocycles. The van der Waals surface area contributed by atoms with Crippen LogP contribution in [0.2, 0.25) is 0 Å².